The van der Waals surface area contributed by atoms with Crippen LogP contribution in [0.5, 0.6) is 0 Å². The van der Waals surface area contributed by atoms with E-state index in [9.17, 15) is 31.2 Å². The molecular weight excluding hydrogens is 437 g/mol. The van der Waals surface area contributed by atoms with Gasteiger partial charge in [0.15, 0.2) is 12.4 Å². The van der Waals surface area contributed by atoms with Crippen LogP contribution in [0, 0.1) is 5.92 Å². The largest absolute Gasteiger partial charge is 0.457 e. The Bertz CT molecular complexity index is 1050. The van der Waals surface area contributed by atoms with Crippen molar-refractivity contribution in [3.05, 3.63) is 59.9 Å². The van der Waals surface area contributed by atoms with Crippen molar-refractivity contribution < 1.29 is 35.9 Å². The van der Waals surface area contributed by atoms with E-state index in [2.05, 4.69) is 4.98 Å². The first-order valence-corrected chi connectivity index (χ1v) is 10.8. The molecule has 7 nitrogen and oxygen atoms in total. The van der Waals surface area contributed by atoms with Crippen LogP contribution in [0.4, 0.5) is 13.2 Å². The van der Waals surface area contributed by atoms with Crippen LogP contribution in [0.3, 0.4) is 0 Å². The van der Waals surface area contributed by atoms with Crippen molar-refractivity contribution in [3.8, 4) is 0 Å². The monoisotopic (exact) mass is 456 g/mol. The number of carbonyl (C=O) groups is 2. The molecule has 166 valence electrons. The van der Waals surface area contributed by atoms with Crippen LogP contribution in [0.1, 0.15) is 28.8 Å². The minimum atomic E-state index is -4.59. The summed E-state index contributed by atoms with van der Waals surface area (Å²) >= 11 is 0. The van der Waals surface area contributed by atoms with Gasteiger partial charge in [0.25, 0.3) is 0 Å². The molecule has 1 saturated heterocycles. The molecule has 1 fully saturated rings. The number of rotatable bonds is 6. The molecule has 0 N–H and O–H groups in total. The number of pyridine rings is 1. The second-order valence-corrected chi connectivity index (χ2v) is 8.91. The number of piperidine rings is 1. The zero-order valence-electron chi connectivity index (χ0n) is 16.2. The van der Waals surface area contributed by atoms with E-state index >= 15 is 0 Å². The van der Waals surface area contributed by atoms with E-state index in [1.807, 2.05) is 0 Å². The summed E-state index contributed by atoms with van der Waals surface area (Å²) in [5.41, 5.74) is -1.17. The molecule has 0 bridgehead atoms. The maximum absolute atomic E-state index is 12.8. The van der Waals surface area contributed by atoms with E-state index in [0.29, 0.717) is 6.07 Å². The summed E-state index contributed by atoms with van der Waals surface area (Å²) in [6, 6.07) is 6.82. The Balaban J connectivity index is 1.53. The van der Waals surface area contributed by atoms with Gasteiger partial charge in [-0.25, -0.2) is 8.42 Å². The molecular formula is C20H19F3N2O5S. The third-order valence-electron chi connectivity index (χ3n) is 4.92. The molecule has 1 aromatic heterocycles. The van der Waals surface area contributed by atoms with Crippen LogP contribution in [-0.2, 0) is 25.7 Å². The maximum atomic E-state index is 12.8. The number of hydrogen-bond acceptors (Lipinski definition) is 6. The molecule has 2 heterocycles. The number of Topliss-reactive ketones (excluding diaryl/α,β-unsaturated/α-hetero) is 1. The van der Waals surface area contributed by atoms with Gasteiger partial charge in [-0.15, -0.1) is 0 Å². The fourth-order valence-corrected chi connectivity index (χ4v) is 4.62. The molecule has 1 aromatic carbocycles. The maximum Gasteiger partial charge on any atom is 0.416 e. The number of hydrogen-bond donors (Lipinski definition) is 0. The van der Waals surface area contributed by atoms with E-state index in [0.717, 1.165) is 12.1 Å². The van der Waals surface area contributed by atoms with Crippen molar-refractivity contribution in [1.29, 1.82) is 0 Å². The Kier molecular flexibility index (Phi) is 6.75. The highest BCUT2D eigenvalue weighted by atomic mass is 32.2. The lowest BCUT2D eigenvalue weighted by Crippen LogP contribution is -2.40. The van der Waals surface area contributed by atoms with Gasteiger partial charge in [0.2, 0.25) is 10.0 Å². The van der Waals surface area contributed by atoms with Gasteiger partial charge in [-0.05, 0) is 37.1 Å². The standard InChI is InChI=1S/C20H19F3N2O5S/c21-20(22,23)16-4-1-3-15(11-16)18(26)13-30-19(27)14-6-9-25(10-7-14)31(28,29)17-5-2-8-24-12-17/h1-5,8,11-12,14H,6-7,9-10,13H2. The Hall–Kier alpha value is -2.79. The Labute approximate surface area is 176 Å². The molecule has 31 heavy (non-hydrogen) atoms. The molecule has 3 rings (SSSR count). The Morgan fingerprint density at radius 3 is 2.45 bits per heavy atom. The quantitative estimate of drug-likeness (QED) is 0.490. The lowest BCUT2D eigenvalue weighted by molar-refractivity contribution is -0.148. The number of benzene rings is 1. The van der Waals surface area contributed by atoms with Crippen LogP contribution in [0.2, 0.25) is 0 Å². The number of esters is 1. The number of carbonyl (C=O) groups excluding carboxylic acids is 2. The number of aromatic nitrogens is 1. The van der Waals surface area contributed by atoms with Crippen LogP contribution in [0.25, 0.3) is 0 Å². The Morgan fingerprint density at radius 1 is 1.13 bits per heavy atom. The van der Waals surface area contributed by atoms with Crippen molar-refractivity contribution in [3.63, 3.8) is 0 Å². The summed E-state index contributed by atoms with van der Waals surface area (Å²) in [7, 11) is -3.72. The van der Waals surface area contributed by atoms with Crippen molar-refractivity contribution >= 4 is 21.8 Å². The zero-order chi connectivity index (χ0) is 22.6. The number of ether oxygens (including phenoxy) is 1. The van der Waals surface area contributed by atoms with Crippen molar-refractivity contribution in [1.82, 2.24) is 9.29 Å². The van der Waals surface area contributed by atoms with Crippen LogP contribution in [-0.4, -0.2) is 49.2 Å². The molecule has 0 spiro atoms. The van der Waals surface area contributed by atoms with E-state index in [1.165, 1.54) is 34.9 Å². The van der Waals surface area contributed by atoms with E-state index in [4.69, 9.17) is 4.74 Å². The fourth-order valence-electron chi connectivity index (χ4n) is 3.19. The van der Waals surface area contributed by atoms with Gasteiger partial charge in [0, 0.05) is 31.0 Å². The SMILES string of the molecule is O=C(COC(=O)C1CCN(S(=O)(=O)c2cccnc2)CC1)c1cccc(C(F)(F)F)c1. The van der Waals surface area contributed by atoms with Gasteiger partial charge in [-0.2, -0.15) is 17.5 Å². The molecule has 1 aliphatic heterocycles. The second-order valence-electron chi connectivity index (χ2n) is 6.98. The minimum absolute atomic E-state index is 0.0581. The second kappa shape index (κ2) is 9.15. The third kappa shape index (κ3) is 5.47. The number of ketones is 1. The Morgan fingerprint density at radius 2 is 1.84 bits per heavy atom. The van der Waals surface area contributed by atoms with Crippen LogP contribution in [0.15, 0.2) is 53.7 Å². The topological polar surface area (TPSA) is 93.6 Å². The first-order valence-electron chi connectivity index (χ1n) is 9.36. The van der Waals surface area contributed by atoms with Gasteiger partial charge in [0.05, 0.1) is 11.5 Å². The lowest BCUT2D eigenvalue weighted by Gasteiger charge is -2.29. The van der Waals surface area contributed by atoms with E-state index < -0.39 is 46.0 Å². The molecule has 1 aliphatic rings. The van der Waals surface area contributed by atoms with Gasteiger partial charge in [-0.1, -0.05) is 12.1 Å². The summed E-state index contributed by atoms with van der Waals surface area (Å²) in [5.74, 6) is -2.04. The average Bonchev–Trinajstić information content (AvgIpc) is 2.77. The molecule has 0 atom stereocenters. The summed E-state index contributed by atoms with van der Waals surface area (Å²) < 4.78 is 69.7. The van der Waals surface area contributed by atoms with E-state index in [-0.39, 0.29) is 36.4 Å². The predicted octanol–water partition coefficient (Wildman–Crippen LogP) is 2.93. The van der Waals surface area contributed by atoms with Gasteiger partial charge < -0.3 is 4.74 Å². The number of halogens is 3. The van der Waals surface area contributed by atoms with Gasteiger partial charge in [-0.3, -0.25) is 14.6 Å². The first kappa shape index (κ1) is 22.9. The molecule has 11 heteroatoms. The minimum Gasteiger partial charge on any atom is -0.457 e. The molecule has 0 saturated carbocycles. The fraction of sp³-hybridized carbons (Fsp3) is 0.350. The van der Waals surface area contributed by atoms with Crippen molar-refractivity contribution in [2.75, 3.05) is 19.7 Å². The molecule has 0 radical (unpaired) electrons. The smallest absolute Gasteiger partial charge is 0.416 e. The highest BCUT2D eigenvalue weighted by Crippen LogP contribution is 2.29. The highest BCUT2D eigenvalue weighted by Gasteiger charge is 2.33. The number of nitrogens with zero attached hydrogens (tertiary/aromatic N) is 2. The van der Waals surface area contributed by atoms with Crippen molar-refractivity contribution in [2.24, 2.45) is 5.92 Å². The first-order chi connectivity index (χ1) is 14.6. The molecule has 2 aromatic rings. The van der Waals surface area contributed by atoms with E-state index in [1.54, 1.807) is 0 Å². The van der Waals surface area contributed by atoms with Crippen molar-refractivity contribution in [2.45, 2.75) is 23.9 Å². The van der Waals surface area contributed by atoms with Gasteiger partial charge >= 0.3 is 12.1 Å². The number of alkyl halides is 3. The van der Waals surface area contributed by atoms with Crippen LogP contribution >= 0.6 is 0 Å². The summed E-state index contributed by atoms with van der Waals surface area (Å²) in [6.07, 6.45) is -1.47. The molecule has 0 amide bonds. The molecule has 0 aliphatic carbocycles. The summed E-state index contributed by atoms with van der Waals surface area (Å²) in [5, 5.41) is 0. The van der Waals surface area contributed by atoms with Crippen LogP contribution < -0.4 is 0 Å². The zero-order valence-corrected chi connectivity index (χ0v) is 17.0. The normalized spacial score (nSPS) is 16.1. The highest BCUT2D eigenvalue weighted by molar-refractivity contribution is 7.89. The average molecular weight is 456 g/mol. The predicted molar refractivity (Wildman–Crippen MR) is 102 cm³/mol. The van der Waals surface area contributed by atoms with Gasteiger partial charge in [0.1, 0.15) is 4.90 Å². The summed E-state index contributed by atoms with van der Waals surface area (Å²) in [6.45, 7) is -0.495. The molecule has 0 unspecified atom stereocenters. The number of sulfonamides is 1. The third-order valence-corrected chi connectivity index (χ3v) is 6.80. The summed E-state index contributed by atoms with van der Waals surface area (Å²) in [4.78, 5) is 28.2. The lowest BCUT2D eigenvalue weighted by atomic mass is 9.98.